The molecule has 1 heterocycles. The van der Waals surface area contributed by atoms with Crippen molar-refractivity contribution in [3.05, 3.63) is 72.8 Å². The molecule has 0 saturated heterocycles. The van der Waals surface area contributed by atoms with E-state index in [4.69, 9.17) is 4.74 Å². The summed E-state index contributed by atoms with van der Waals surface area (Å²) in [6, 6.07) is 21.2. The van der Waals surface area contributed by atoms with E-state index in [0.29, 0.717) is 23.7 Å². The van der Waals surface area contributed by atoms with Crippen LogP contribution in [0.1, 0.15) is 13.8 Å². The highest BCUT2D eigenvalue weighted by atomic mass is 32.2. The third kappa shape index (κ3) is 4.64. The van der Waals surface area contributed by atoms with Crippen LogP contribution in [0, 0.1) is 0 Å². The molecule has 0 fully saturated rings. The Morgan fingerprint density at radius 1 is 0.968 bits per heavy atom. The molecule has 0 radical (unpaired) electrons. The Morgan fingerprint density at radius 3 is 2.29 bits per heavy atom. The Labute approximate surface area is 181 Å². The van der Waals surface area contributed by atoms with Crippen molar-refractivity contribution in [3.8, 4) is 5.75 Å². The van der Waals surface area contributed by atoms with E-state index in [0.717, 1.165) is 11.4 Å². The van der Waals surface area contributed by atoms with Crippen LogP contribution >= 0.6 is 0 Å². The number of nitrogens with one attached hydrogen (secondary N) is 2. The highest BCUT2D eigenvalue weighted by molar-refractivity contribution is 7.92. The molecule has 0 aromatic heterocycles. The molecule has 1 amide bonds. The number of hydrogen-bond acceptors (Lipinski definition) is 5. The van der Waals surface area contributed by atoms with Crippen LogP contribution in [0.2, 0.25) is 0 Å². The van der Waals surface area contributed by atoms with Crippen LogP contribution in [-0.2, 0) is 14.8 Å². The molecule has 3 aromatic rings. The predicted octanol–water partition coefficient (Wildman–Crippen LogP) is 4.36. The number of benzene rings is 3. The first-order chi connectivity index (χ1) is 14.8. The largest absolute Gasteiger partial charge is 0.487 e. The van der Waals surface area contributed by atoms with Gasteiger partial charge in [0.05, 0.1) is 17.1 Å². The Morgan fingerprint density at radius 2 is 1.61 bits per heavy atom. The fourth-order valence-corrected chi connectivity index (χ4v) is 4.48. The van der Waals surface area contributed by atoms with Gasteiger partial charge in [0.1, 0.15) is 11.9 Å². The fraction of sp³-hybridized carbons (Fsp3) is 0.174. The van der Waals surface area contributed by atoms with Crippen molar-refractivity contribution in [2.45, 2.75) is 24.8 Å². The van der Waals surface area contributed by atoms with Crippen LogP contribution in [-0.4, -0.2) is 27.0 Å². The molecule has 31 heavy (non-hydrogen) atoms. The summed E-state index contributed by atoms with van der Waals surface area (Å²) in [7, 11) is -3.85. The molecule has 1 aliphatic heterocycles. The zero-order valence-corrected chi connectivity index (χ0v) is 18.0. The van der Waals surface area contributed by atoms with E-state index in [-0.39, 0.29) is 16.9 Å². The van der Waals surface area contributed by atoms with Gasteiger partial charge >= 0.3 is 0 Å². The summed E-state index contributed by atoms with van der Waals surface area (Å²) < 4.78 is 34.2. The van der Waals surface area contributed by atoms with E-state index in [1.165, 1.54) is 24.0 Å². The van der Waals surface area contributed by atoms with Crippen LogP contribution in [0.3, 0.4) is 0 Å². The zero-order valence-electron chi connectivity index (χ0n) is 17.2. The average molecular weight is 438 g/mol. The van der Waals surface area contributed by atoms with Crippen molar-refractivity contribution in [2.24, 2.45) is 0 Å². The molecule has 8 heteroatoms. The molecular weight excluding hydrogens is 414 g/mol. The molecule has 1 atom stereocenters. The van der Waals surface area contributed by atoms with Crippen LogP contribution in [0.15, 0.2) is 77.7 Å². The van der Waals surface area contributed by atoms with E-state index in [2.05, 4.69) is 10.0 Å². The van der Waals surface area contributed by atoms with Crippen molar-refractivity contribution >= 4 is 38.7 Å². The first-order valence-corrected chi connectivity index (χ1v) is 11.3. The minimum absolute atomic E-state index is 0.0575. The van der Waals surface area contributed by atoms with Crippen molar-refractivity contribution in [3.63, 3.8) is 0 Å². The number of anilines is 4. The van der Waals surface area contributed by atoms with Crippen molar-refractivity contribution in [1.29, 1.82) is 0 Å². The van der Waals surface area contributed by atoms with Gasteiger partial charge in [-0.2, -0.15) is 0 Å². The van der Waals surface area contributed by atoms with E-state index in [1.54, 1.807) is 30.3 Å². The maximum Gasteiger partial charge on any atom is 0.261 e. The lowest BCUT2D eigenvalue weighted by Gasteiger charge is -2.33. The minimum Gasteiger partial charge on any atom is -0.487 e. The lowest BCUT2D eigenvalue weighted by atomic mass is 10.2. The van der Waals surface area contributed by atoms with E-state index in [1.807, 2.05) is 37.3 Å². The molecule has 2 N–H and O–H groups in total. The number of para-hydroxylation sites is 1. The Bertz CT molecular complexity index is 1200. The predicted molar refractivity (Wildman–Crippen MR) is 122 cm³/mol. The Hall–Kier alpha value is -3.52. The second-order valence-corrected chi connectivity index (χ2v) is 9.04. The van der Waals surface area contributed by atoms with Crippen LogP contribution < -0.4 is 19.7 Å². The van der Waals surface area contributed by atoms with Gasteiger partial charge in [-0.25, -0.2) is 8.42 Å². The number of carbonyl (C=O) groups is 1. The summed E-state index contributed by atoms with van der Waals surface area (Å²) in [6.45, 7) is 3.68. The number of fused-ring (bicyclic) bond motifs is 1. The quantitative estimate of drug-likeness (QED) is 0.619. The lowest BCUT2D eigenvalue weighted by Crippen LogP contribution is -2.41. The average Bonchev–Trinajstić information content (AvgIpc) is 2.74. The second-order valence-electron chi connectivity index (χ2n) is 7.36. The van der Waals surface area contributed by atoms with Crippen molar-refractivity contribution in [1.82, 2.24) is 0 Å². The zero-order chi connectivity index (χ0) is 22.0. The number of hydrogen-bond donors (Lipinski definition) is 2. The Kier molecular flexibility index (Phi) is 5.56. The summed E-state index contributed by atoms with van der Waals surface area (Å²) in [6.07, 6.45) is -0.167. The fourth-order valence-electron chi connectivity index (χ4n) is 3.41. The molecule has 0 aliphatic carbocycles. The maximum atomic E-state index is 12.9. The Balaban J connectivity index is 1.54. The molecule has 160 valence electrons. The molecule has 7 nitrogen and oxygen atoms in total. The SMILES string of the molecule is CC(=O)N1CC(C)Oc2ccc(S(=O)(=O)Nc3ccc(Nc4ccccc4)cc3)cc21. The van der Waals surface area contributed by atoms with Crippen LogP contribution in [0.25, 0.3) is 0 Å². The third-order valence-electron chi connectivity index (χ3n) is 4.88. The van der Waals surface area contributed by atoms with Gasteiger partial charge in [0.15, 0.2) is 0 Å². The first kappa shape index (κ1) is 20.7. The van der Waals surface area contributed by atoms with Gasteiger partial charge < -0.3 is 15.0 Å². The molecule has 0 bridgehead atoms. The van der Waals surface area contributed by atoms with Gasteiger partial charge in [0.2, 0.25) is 5.91 Å². The summed E-state index contributed by atoms with van der Waals surface area (Å²) in [5, 5.41) is 3.25. The monoisotopic (exact) mass is 437 g/mol. The van der Waals surface area contributed by atoms with Gasteiger partial charge in [-0.05, 0) is 61.5 Å². The molecule has 1 aliphatic rings. The summed E-state index contributed by atoms with van der Waals surface area (Å²) in [5.41, 5.74) is 2.67. The van der Waals surface area contributed by atoms with Gasteiger partial charge in [-0.3, -0.25) is 9.52 Å². The van der Waals surface area contributed by atoms with Gasteiger partial charge in [0.25, 0.3) is 10.0 Å². The van der Waals surface area contributed by atoms with E-state index in [9.17, 15) is 13.2 Å². The second kappa shape index (κ2) is 8.31. The smallest absolute Gasteiger partial charge is 0.261 e. The minimum atomic E-state index is -3.85. The number of carbonyl (C=O) groups excluding carboxylic acids is 1. The van der Waals surface area contributed by atoms with Gasteiger partial charge in [-0.1, -0.05) is 18.2 Å². The standard InChI is InChI=1S/C23H23N3O4S/c1-16-15-26(17(2)27)22-14-21(12-13-23(22)30-16)31(28,29)25-20-10-8-19(9-11-20)24-18-6-4-3-5-7-18/h3-14,16,24-25H,15H2,1-2H3. The molecule has 4 rings (SSSR count). The lowest BCUT2D eigenvalue weighted by molar-refractivity contribution is -0.117. The summed E-state index contributed by atoms with van der Waals surface area (Å²) >= 11 is 0. The molecule has 3 aromatic carbocycles. The summed E-state index contributed by atoms with van der Waals surface area (Å²) in [5.74, 6) is 0.324. The molecular formula is C23H23N3O4S. The molecule has 0 spiro atoms. The first-order valence-electron chi connectivity index (χ1n) is 9.85. The molecule has 1 unspecified atom stereocenters. The van der Waals surface area contributed by atoms with Crippen molar-refractivity contribution < 1.29 is 17.9 Å². The van der Waals surface area contributed by atoms with E-state index >= 15 is 0 Å². The third-order valence-corrected chi connectivity index (χ3v) is 6.26. The van der Waals surface area contributed by atoms with Gasteiger partial charge in [-0.15, -0.1) is 0 Å². The maximum absolute atomic E-state index is 12.9. The normalized spacial score (nSPS) is 15.5. The van der Waals surface area contributed by atoms with Gasteiger partial charge in [0, 0.05) is 24.0 Å². The number of amides is 1. The van der Waals surface area contributed by atoms with Crippen LogP contribution in [0.5, 0.6) is 5.75 Å². The highest BCUT2D eigenvalue weighted by Crippen LogP contribution is 2.36. The summed E-state index contributed by atoms with van der Waals surface area (Å²) in [4.78, 5) is 13.6. The van der Waals surface area contributed by atoms with Crippen LogP contribution in [0.4, 0.5) is 22.7 Å². The number of ether oxygens (including phenoxy) is 1. The molecule has 0 saturated carbocycles. The number of sulfonamides is 1. The number of rotatable bonds is 5. The highest BCUT2D eigenvalue weighted by Gasteiger charge is 2.27. The number of nitrogens with zero attached hydrogens (tertiary/aromatic N) is 1. The topological polar surface area (TPSA) is 87.7 Å². The van der Waals surface area contributed by atoms with E-state index < -0.39 is 10.0 Å². The van der Waals surface area contributed by atoms with Crippen molar-refractivity contribution in [2.75, 3.05) is 21.5 Å².